The van der Waals surface area contributed by atoms with Crippen LogP contribution in [0, 0.1) is 5.92 Å². The van der Waals surface area contributed by atoms with Crippen LogP contribution in [0.15, 0.2) is 30.3 Å². The zero-order valence-electron chi connectivity index (χ0n) is 14.6. The fraction of sp³-hybridized carbons (Fsp3) is 0.650. The molecule has 0 aliphatic carbocycles. The Kier molecular flexibility index (Phi) is 6.67. The Morgan fingerprint density at radius 3 is 2.67 bits per heavy atom. The third-order valence-corrected chi connectivity index (χ3v) is 5.36. The molecule has 1 amide bonds. The minimum Gasteiger partial charge on any atom is -0.381 e. The van der Waals surface area contributed by atoms with Crippen molar-refractivity contribution in [1.82, 2.24) is 10.2 Å². The highest BCUT2D eigenvalue weighted by Crippen LogP contribution is 2.27. The quantitative estimate of drug-likeness (QED) is 0.782. The summed E-state index contributed by atoms with van der Waals surface area (Å²) in [6, 6.07) is 10.8. The number of amides is 1. The van der Waals surface area contributed by atoms with Crippen LogP contribution >= 0.6 is 0 Å². The molecule has 1 atom stereocenters. The minimum atomic E-state index is 0.177. The number of carbonyl (C=O) groups is 1. The largest absolute Gasteiger partial charge is 0.381 e. The number of piperidine rings is 1. The van der Waals surface area contributed by atoms with E-state index in [9.17, 15) is 4.79 Å². The highest BCUT2D eigenvalue weighted by Gasteiger charge is 2.21. The predicted molar refractivity (Wildman–Crippen MR) is 96.0 cm³/mol. The lowest BCUT2D eigenvalue weighted by Gasteiger charge is -2.31. The van der Waals surface area contributed by atoms with E-state index in [-0.39, 0.29) is 5.91 Å². The SMILES string of the molecule is O=C(CN1CCC(c2ccccc2)CC1)NCCC[C@H]1CCOC1. The van der Waals surface area contributed by atoms with Crippen LogP contribution in [0.3, 0.4) is 0 Å². The maximum Gasteiger partial charge on any atom is 0.234 e. The van der Waals surface area contributed by atoms with E-state index in [0.717, 1.165) is 52.1 Å². The van der Waals surface area contributed by atoms with Crippen molar-refractivity contribution in [2.45, 2.75) is 38.0 Å². The number of nitrogens with one attached hydrogen (secondary N) is 1. The molecule has 2 heterocycles. The van der Waals surface area contributed by atoms with Gasteiger partial charge in [-0.25, -0.2) is 0 Å². The number of rotatable bonds is 7. The topological polar surface area (TPSA) is 41.6 Å². The molecule has 0 bridgehead atoms. The van der Waals surface area contributed by atoms with Gasteiger partial charge in [0.2, 0.25) is 5.91 Å². The van der Waals surface area contributed by atoms with Crippen LogP contribution in [-0.2, 0) is 9.53 Å². The molecule has 2 saturated heterocycles. The highest BCUT2D eigenvalue weighted by molar-refractivity contribution is 5.77. The molecule has 2 aliphatic heterocycles. The smallest absolute Gasteiger partial charge is 0.234 e. The monoisotopic (exact) mass is 330 g/mol. The van der Waals surface area contributed by atoms with Crippen molar-refractivity contribution in [2.75, 3.05) is 39.4 Å². The van der Waals surface area contributed by atoms with Crippen molar-refractivity contribution in [3.63, 3.8) is 0 Å². The summed E-state index contributed by atoms with van der Waals surface area (Å²) < 4.78 is 5.38. The molecule has 0 radical (unpaired) electrons. The lowest BCUT2D eigenvalue weighted by molar-refractivity contribution is -0.122. The molecule has 0 aromatic heterocycles. The van der Waals surface area contributed by atoms with Crippen molar-refractivity contribution >= 4 is 5.91 Å². The lowest BCUT2D eigenvalue weighted by atomic mass is 9.89. The van der Waals surface area contributed by atoms with E-state index in [1.54, 1.807) is 0 Å². The van der Waals surface area contributed by atoms with Gasteiger partial charge in [-0.1, -0.05) is 30.3 Å². The van der Waals surface area contributed by atoms with E-state index in [4.69, 9.17) is 4.74 Å². The Hall–Kier alpha value is -1.39. The van der Waals surface area contributed by atoms with Crippen LogP contribution in [0.1, 0.15) is 43.6 Å². The number of likely N-dealkylation sites (tertiary alicyclic amines) is 1. The van der Waals surface area contributed by atoms with Gasteiger partial charge in [-0.2, -0.15) is 0 Å². The maximum atomic E-state index is 12.1. The molecule has 3 rings (SSSR count). The highest BCUT2D eigenvalue weighted by atomic mass is 16.5. The second-order valence-corrected chi connectivity index (χ2v) is 7.18. The first-order valence-electron chi connectivity index (χ1n) is 9.43. The van der Waals surface area contributed by atoms with E-state index in [1.165, 1.54) is 18.4 Å². The number of hydrogen-bond donors (Lipinski definition) is 1. The van der Waals surface area contributed by atoms with E-state index >= 15 is 0 Å². The molecule has 0 spiro atoms. The minimum absolute atomic E-state index is 0.177. The Labute approximate surface area is 145 Å². The molecule has 0 unspecified atom stereocenters. The molecular formula is C20H30N2O2. The van der Waals surface area contributed by atoms with Crippen molar-refractivity contribution in [3.05, 3.63) is 35.9 Å². The van der Waals surface area contributed by atoms with Gasteiger partial charge in [-0.15, -0.1) is 0 Å². The van der Waals surface area contributed by atoms with Gasteiger partial charge in [0, 0.05) is 19.8 Å². The second kappa shape index (κ2) is 9.19. The Morgan fingerprint density at radius 1 is 1.17 bits per heavy atom. The number of ether oxygens (including phenoxy) is 1. The molecule has 4 heteroatoms. The van der Waals surface area contributed by atoms with E-state index in [0.29, 0.717) is 18.4 Å². The van der Waals surface area contributed by atoms with Gasteiger partial charge in [0.15, 0.2) is 0 Å². The molecule has 132 valence electrons. The molecule has 2 fully saturated rings. The summed E-state index contributed by atoms with van der Waals surface area (Å²) in [5.41, 5.74) is 1.44. The molecule has 2 aliphatic rings. The fourth-order valence-electron chi connectivity index (χ4n) is 3.84. The van der Waals surface area contributed by atoms with E-state index in [1.807, 2.05) is 0 Å². The normalized spacial score (nSPS) is 22.6. The third-order valence-electron chi connectivity index (χ3n) is 5.36. The van der Waals surface area contributed by atoms with Crippen molar-refractivity contribution in [1.29, 1.82) is 0 Å². The fourth-order valence-corrected chi connectivity index (χ4v) is 3.84. The van der Waals surface area contributed by atoms with Gasteiger partial charge in [-0.3, -0.25) is 9.69 Å². The number of carbonyl (C=O) groups excluding carboxylic acids is 1. The van der Waals surface area contributed by atoms with Crippen molar-refractivity contribution in [2.24, 2.45) is 5.92 Å². The molecular weight excluding hydrogens is 300 g/mol. The first-order valence-corrected chi connectivity index (χ1v) is 9.43. The molecule has 1 N–H and O–H groups in total. The van der Waals surface area contributed by atoms with Gasteiger partial charge in [0.05, 0.1) is 6.54 Å². The third kappa shape index (κ3) is 5.32. The molecule has 1 aromatic rings. The van der Waals surface area contributed by atoms with Crippen LogP contribution < -0.4 is 5.32 Å². The average Bonchev–Trinajstić information content (AvgIpc) is 3.14. The number of benzene rings is 1. The summed E-state index contributed by atoms with van der Waals surface area (Å²) >= 11 is 0. The van der Waals surface area contributed by atoms with Gasteiger partial charge in [-0.05, 0) is 62.6 Å². The number of hydrogen-bond acceptors (Lipinski definition) is 3. The zero-order chi connectivity index (χ0) is 16.6. The first kappa shape index (κ1) is 17.4. The molecule has 4 nitrogen and oxygen atoms in total. The summed E-state index contributed by atoms with van der Waals surface area (Å²) in [7, 11) is 0. The van der Waals surface area contributed by atoms with E-state index in [2.05, 4.69) is 40.5 Å². The molecule has 0 saturated carbocycles. The van der Waals surface area contributed by atoms with Crippen LogP contribution in [0.2, 0.25) is 0 Å². The Bertz CT molecular complexity index is 492. The zero-order valence-corrected chi connectivity index (χ0v) is 14.6. The van der Waals surface area contributed by atoms with Crippen LogP contribution in [0.5, 0.6) is 0 Å². The second-order valence-electron chi connectivity index (χ2n) is 7.18. The Morgan fingerprint density at radius 2 is 1.96 bits per heavy atom. The molecule has 1 aromatic carbocycles. The lowest BCUT2D eigenvalue weighted by Crippen LogP contribution is -2.41. The summed E-state index contributed by atoms with van der Waals surface area (Å²) in [6.45, 7) is 5.21. The average molecular weight is 330 g/mol. The standard InChI is InChI=1S/C20H30N2O2/c23-20(21-11-4-5-17-10-14-24-16-17)15-22-12-8-19(9-13-22)18-6-2-1-3-7-18/h1-3,6-7,17,19H,4-5,8-16H2,(H,21,23)/t17-/m0/s1. The van der Waals surface area contributed by atoms with E-state index < -0.39 is 0 Å². The maximum absolute atomic E-state index is 12.1. The summed E-state index contributed by atoms with van der Waals surface area (Å²) in [5.74, 6) is 1.54. The number of nitrogens with zero attached hydrogens (tertiary/aromatic N) is 1. The van der Waals surface area contributed by atoms with Gasteiger partial charge >= 0.3 is 0 Å². The van der Waals surface area contributed by atoms with Gasteiger partial charge < -0.3 is 10.1 Å². The predicted octanol–water partition coefficient (Wildman–Crippen LogP) is 2.80. The summed E-state index contributed by atoms with van der Waals surface area (Å²) in [4.78, 5) is 14.4. The van der Waals surface area contributed by atoms with Gasteiger partial charge in [0.1, 0.15) is 0 Å². The van der Waals surface area contributed by atoms with Crippen molar-refractivity contribution in [3.8, 4) is 0 Å². The van der Waals surface area contributed by atoms with Crippen LogP contribution in [-0.4, -0.2) is 50.2 Å². The van der Waals surface area contributed by atoms with Gasteiger partial charge in [0.25, 0.3) is 0 Å². The first-order chi connectivity index (χ1) is 11.8. The summed E-state index contributed by atoms with van der Waals surface area (Å²) in [5, 5.41) is 3.08. The van der Waals surface area contributed by atoms with Crippen LogP contribution in [0.4, 0.5) is 0 Å². The summed E-state index contributed by atoms with van der Waals surface area (Å²) in [6.07, 6.45) is 5.72. The van der Waals surface area contributed by atoms with Crippen molar-refractivity contribution < 1.29 is 9.53 Å². The van der Waals surface area contributed by atoms with Crippen LogP contribution in [0.25, 0.3) is 0 Å². The molecule has 24 heavy (non-hydrogen) atoms. The Balaban J connectivity index is 1.28.